The molecule has 0 bridgehead atoms. The van der Waals surface area contributed by atoms with E-state index in [1.54, 1.807) is 18.1 Å². The number of nitrogens with one attached hydrogen (secondary N) is 1. The fourth-order valence-electron chi connectivity index (χ4n) is 2.46. The van der Waals surface area contributed by atoms with E-state index in [0.29, 0.717) is 17.4 Å². The van der Waals surface area contributed by atoms with E-state index >= 15 is 0 Å². The first kappa shape index (κ1) is 16.7. The molecule has 1 atom stereocenters. The van der Waals surface area contributed by atoms with Gasteiger partial charge in [-0.15, -0.1) is 10.2 Å². The minimum Gasteiger partial charge on any atom is -0.497 e. The average Bonchev–Trinajstić information content (AvgIpc) is 3.21. The summed E-state index contributed by atoms with van der Waals surface area (Å²) in [6.45, 7) is 0.339. The monoisotopic (exact) mass is 364 g/mol. The Morgan fingerprint density at radius 1 is 1.46 bits per heavy atom. The number of benzene rings is 1. The maximum atomic E-state index is 12.4. The lowest BCUT2D eigenvalue weighted by Gasteiger charge is -2.17. The normalized spacial score (nSPS) is 17.2. The number of amides is 2. The van der Waals surface area contributed by atoms with Gasteiger partial charge in [-0.25, -0.2) is 0 Å². The zero-order valence-electron chi connectivity index (χ0n) is 13.2. The van der Waals surface area contributed by atoms with Gasteiger partial charge in [0.2, 0.25) is 16.9 Å². The van der Waals surface area contributed by atoms with E-state index in [9.17, 15) is 9.59 Å². The Kier molecular flexibility index (Phi) is 5.00. The van der Waals surface area contributed by atoms with Crippen LogP contribution in [0, 0.1) is 5.92 Å². The van der Waals surface area contributed by atoms with E-state index in [1.165, 1.54) is 23.1 Å². The third kappa shape index (κ3) is 3.51. The largest absolute Gasteiger partial charge is 0.497 e. The molecule has 1 N–H and O–H groups in total. The molecule has 0 saturated carbocycles. The third-order valence-corrected chi connectivity index (χ3v) is 5.49. The summed E-state index contributed by atoms with van der Waals surface area (Å²) >= 11 is 2.79. The molecule has 1 aromatic carbocycles. The number of nitrogens with zero attached hydrogens (tertiary/aromatic N) is 3. The number of rotatable bonds is 5. The van der Waals surface area contributed by atoms with Crippen molar-refractivity contribution in [2.24, 2.45) is 5.92 Å². The molecule has 1 fully saturated rings. The lowest BCUT2D eigenvalue weighted by atomic mass is 10.1. The second-order valence-electron chi connectivity index (χ2n) is 5.17. The van der Waals surface area contributed by atoms with Crippen molar-refractivity contribution < 1.29 is 14.3 Å². The van der Waals surface area contributed by atoms with E-state index in [-0.39, 0.29) is 18.2 Å². The van der Waals surface area contributed by atoms with Gasteiger partial charge in [0.15, 0.2) is 4.34 Å². The van der Waals surface area contributed by atoms with Crippen LogP contribution in [-0.4, -0.2) is 41.9 Å². The first-order valence-corrected chi connectivity index (χ1v) is 9.27. The van der Waals surface area contributed by atoms with Crippen molar-refractivity contribution in [2.45, 2.75) is 10.8 Å². The Morgan fingerprint density at radius 3 is 3.00 bits per heavy atom. The van der Waals surface area contributed by atoms with Crippen LogP contribution in [0.4, 0.5) is 10.8 Å². The quantitative estimate of drug-likeness (QED) is 0.647. The van der Waals surface area contributed by atoms with Gasteiger partial charge in [-0.3, -0.25) is 9.59 Å². The van der Waals surface area contributed by atoms with Gasteiger partial charge in [0.1, 0.15) is 5.75 Å². The average molecular weight is 364 g/mol. The van der Waals surface area contributed by atoms with E-state index in [2.05, 4.69) is 15.5 Å². The smallest absolute Gasteiger partial charge is 0.231 e. The van der Waals surface area contributed by atoms with Gasteiger partial charge in [-0.05, 0) is 18.4 Å². The standard InChI is InChI=1S/C15H16N4O3S2/c1-22-11-5-3-4-10(7-11)19-8-9(6-12(19)20)13(21)16-14-17-18-15(23-2)24-14/h3-5,7,9H,6,8H2,1-2H3,(H,16,17,21)/t9-/m0/s1. The van der Waals surface area contributed by atoms with Crippen LogP contribution in [-0.2, 0) is 9.59 Å². The summed E-state index contributed by atoms with van der Waals surface area (Å²) in [5, 5.41) is 11.1. The predicted octanol–water partition coefficient (Wildman–Crippen LogP) is 2.26. The Bertz CT molecular complexity index is 765. The highest BCUT2D eigenvalue weighted by molar-refractivity contribution is 8.00. The van der Waals surface area contributed by atoms with Gasteiger partial charge in [-0.1, -0.05) is 29.2 Å². The van der Waals surface area contributed by atoms with Crippen LogP contribution in [0.25, 0.3) is 0 Å². The number of carbonyl (C=O) groups excluding carboxylic acids is 2. The highest BCUT2D eigenvalue weighted by atomic mass is 32.2. The van der Waals surface area contributed by atoms with E-state index in [1.807, 2.05) is 24.5 Å². The first-order valence-electron chi connectivity index (χ1n) is 7.23. The second-order valence-corrected chi connectivity index (χ2v) is 7.20. The van der Waals surface area contributed by atoms with Crippen LogP contribution >= 0.6 is 23.1 Å². The van der Waals surface area contributed by atoms with Gasteiger partial charge < -0.3 is 15.0 Å². The number of anilines is 2. The van der Waals surface area contributed by atoms with Gasteiger partial charge in [0, 0.05) is 24.7 Å². The van der Waals surface area contributed by atoms with E-state index in [4.69, 9.17) is 4.74 Å². The van der Waals surface area contributed by atoms with Crippen molar-refractivity contribution in [2.75, 3.05) is 30.1 Å². The minimum atomic E-state index is -0.412. The summed E-state index contributed by atoms with van der Waals surface area (Å²) < 4.78 is 5.97. The van der Waals surface area contributed by atoms with Gasteiger partial charge in [0.05, 0.1) is 13.0 Å². The Balaban J connectivity index is 1.68. The zero-order chi connectivity index (χ0) is 17.1. The van der Waals surface area contributed by atoms with Crippen molar-refractivity contribution >= 4 is 45.7 Å². The molecule has 1 saturated heterocycles. The number of hydrogen-bond donors (Lipinski definition) is 1. The van der Waals surface area contributed by atoms with Crippen molar-refractivity contribution in [3.05, 3.63) is 24.3 Å². The maximum absolute atomic E-state index is 12.4. The van der Waals surface area contributed by atoms with E-state index in [0.717, 1.165) is 10.0 Å². The summed E-state index contributed by atoms with van der Waals surface area (Å²) in [5.41, 5.74) is 0.732. The van der Waals surface area contributed by atoms with Crippen LogP contribution in [0.15, 0.2) is 28.6 Å². The Hall–Kier alpha value is -2.13. The van der Waals surface area contributed by atoms with E-state index < -0.39 is 5.92 Å². The summed E-state index contributed by atoms with van der Waals surface area (Å²) in [7, 11) is 1.58. The van der Waals surface area contributed by atoms with Crippen LogP contribution in [0.2, 0.25) is 0 Å². The molecule has 0 radical (unpaired) electrons. The molecule has 1 aliphatic heterocycles. The molecule has 0 spiro atoms. The van der Waals surface area contributed by atoms with Gasteiger partial charge in [0.25, 0.3) is 0 Å². The molecule has 9 heteroatoms. The molecule has 24 heavy (non-hydrogen) atoms. The fraction of sp³-hybridized carbons (Fsp3) is 0.333. The summed E-state index contributed by atoms with van der Waals surface area (Å²) in [5.74, 6) is -0.0278. The lowest BCUT2D eigenvalue weighted by Crippen LogP contribution is -2.28. The third-order valence-electron chi connectivity index (χ3n) is 3.67. The number of aromatic nitrogens is 2. The fourth-order valence-corrected chi connectivity index (χ4v) is 3.63. The zero-order valence-corrected chi connectivity index (χ0v) is 14.8. The number of ether oxygens (including phenoxy) is 1. The predicted molar refractivity (Wildman–Crippen MR) is 93.8 cm³/mol. The van der Waals surface area contributed by atoms with Crippen molar-refractivity contribution in [3.8, 4) is 5.75 Å². The van der Waals surface area contributed by atoms with Crippen LogP contribution in [0.3, 0.4) is 0 Å². The molecule has 0 unspecified atom stereocenters. The topological polar surface area (TPSA) is 84.4 Å². The van der Waals surface area contributed by atoms with Gasteiger partial charge in [-0.2, -0.15) is 0 Å². The molecule has 2 amide bonds. The van der Waals surface area contributed by atoms with Crippen LogP contribution in [0.1, 0.15) is 6.42 Å². The Labute approximate surface area is 147 Å². The van der Waals surface area contributed by atoms with Gasteiger partial charge >= 0.3 is 0 Å². The molecule has 126 valence electrons. The molecule has 1 aromatic heterocycles. The van der Waals surface area contributed by atoms with Crippen molar-refractivity contribution in [1.82, 2.24) is 10.2 Å². The SMILES string of the molecule is COc1cccc(N2C[C@@H](C(=O)Nc3nnc(SC)s3)CC2=O)c1. The summed E-state index contributed by atoms with van der Waals surface area (Å²) in [6.07, 6.45) is 2.07. The Morgan fingerprint density at radius 2 is 2.29 bits per heavy atom. The van der Waals surface area contributed by atoms with Crippen molar-refractivity contribution in [3.63, 3.8) is 0 Å². The lowest BCUT2D eigenvalue weighted by molar-refractivity contribution is -0.122. The summed E-state index contributed by atoms with van der Waals surface area (Å²) in [4.78, 5) is 26.3. The molecule has 2 aromatic rings. The number of hydrogen-bond acceptors (Lipinski definition) is 7. The van der Waals surface area contributed by atoms with Crippen LogP contribution < -0.4 is 15.0 Å². The number of methoxy groups -OCH3 is 1. The highest BCUT2D eigenvalue weighted by Gasteiger charge is 2.35. The molecule has 7 nitrogen and oxygen atoms in total. The molecule has 3 rings (SSSR count). The van der Waals surface area contributed by atoms with Crippen molar-refractivity contribution in [1.29, 1.82) is 0 Å². The maximum Gasteiger partial charge on any atom is 0.231 e. The molecule has 2 heterocycles. The molecule has 1 aliphatic rings. The summed E-state index contributed by atoms with van der Waals surface area (Å²) in [6, 6.07) is 7.25. The molecular weight excluding hydrogens is 348 g/mol. The number of thioether (sulfide) groups is 1. The molecule has 0 aliphatic carbocycles. The first-order chi connectivity index (χ1) is 11.6. The number of carbonyl (C=O) groups is 2. The second kappa shape index (κ2) is 7.18. The molecular formula is C15H16N4O3S2. The highest BCUT2D eigenvalue weighted by Crippen LogP contribution is 2.29. The van der Waals surface area contributed by atoms with Crippen LogP contribution in [0.5, 0.6) is 5.75 Å². The minimum absolute atomic E-state index is 0.0783.